The molecule has 0 bridgehead atoms. The van der Waals surface area contributed by atoms with Gasteiger partial charge < -0.3 is 20.1 Å². The molecule has 1 unspecified atom stereocenters. The lowest BCUT2D eigenvalue weighted by atomic mass is 9.96. The molecule has 0 fully saturated rings. The largest absolute Gasteiger partial charge is 0.490 e. The third-order valence-electron chi connectivity index (χ3n) is 4.48. The highest BCUT2D eigenvalue weighted by Crippen LogP contribution is 2.34. The Morgan fingerprint density at radius 2 is 1.85 bits per heavy atom. The van der Waals surface area contributed by atoms with E-state index in [4.69, 9.17) is 9.47 Å². The van der Waals surface area contributed by atoms with Gasteiger partial charge in [-0.15, -0.1) is 0 Å². The Bertz CT molecular complexity index is 795. The number of carbonyl (C=O) groups excluding carboxylic acids is 1. The molecule has 2 aromatic carbocycles. The number of fused-ring (bicyclic) bond motifs is 1. The average molecular weight is 372 g/mol. The number of rotatable bonds is 5. The number of carbonyl (C=O) groups is 1. The Morgan fingerprint density at radius 1 is 1.11 bits per heavy atom. The maximum Gasteiger partial charge on any atom is 0.315 e. The van der Waals surface area contributed by atoms with Crippen LogP contribution in [0.5, 0.6) is 11.5 Å². The Kier molecular flexibility index (Phi) is 6.16. The van der Waals surface area contributed by atoms with Crippen molar-refractivity contribution in [2.45, 2.75) is 32.9 Å². The van der Waals surface area contributed by atoms with E-state index in [0.29, 0.717) is 24.5 Å². The minimum Gasteiger partial charge on any atom is -0.490 e. The second-order valence-corrected chi connectivity index (χ2v) is 6.90. The molecule has 144 valence electrons. The van der Waals surface area contributed by atoms with Crippen LogP contribution < -0.4 is 20.1 Å². The zero-order valence-electron chi connectivity index (χ0n) is 15.6. The second-order valence-electron chi connectivity index (χ2n) is 6.90. The van der Waals surface area contributed by atoms with E-state index in [1.165, 1.54) is 6.07 Å². The number of ether oxygens (including phenoxy) is 2. The van der Waals surface area contributed by atoms with Crippen molar-refractivity contribution in [3.63, 3.8) is 0 Å². The van der Waals surface area contributed by atoms with Crippen molar-refractivity contribution >= 4 is 6.03 Å². The monoisotopic (exact) mass is 372 g/mol. The van der Waals surface area contributed by atoms with Crippen LogP contribution in [0, 0.1) is 11.7 Å². The SMILES string of the molecule is CC(C)C(NC(=O)NCc1ccccc1F)c1ccc2c(c1)OCCCO2. The molecule has 1 aliphatic heterocycles. The smallest absolute Gasteiger partial charge is 0.315 e. The molecule has 0 aromatic heterocycles. The average Bonchev–Trinajstić information content (AvgIpc) is 2.90. The molecule has 0 saturated heterocycles. The second kappa shape index (κ2) is 8.75. The molecular formula is C21H25FN2O3. The van der Waals surface area contributed by atoms with Gasteiger partial charge in [0.1, 0.15) is 5.82 Å². The molecule has 1 heterocycles. The highest BCUT2D eigenvalue weighted by molar-refractivity contribution is 5.74. The summed E-state index contributed by atoms with van der Waals surface area (Å²) in [7, 11) is 0. The predicted molar refractivity (Wildman–Crippen MR) is 101 cm³/mol. The van der Waals surface area contributed by atoms with Gasteiger partial charge >= 0.3 is 6.03 Å². The zero-order valence-corrected chi connectivity index (χ0v) is 15.6. The van der Waals surface area contributed by atoms with Crippen LogP contribution in [-0.4, -0.2) is 19.2 Å². The maximum absolute atomic E-state index is 13.7. The Morgan fingerprint density at radius 3 is 2.59 bits per heavy atom. The lowest BCUT2D eigenvalue weighted by molar-refractivity contribution is 0.232. The zero-order chi connectivity index (χ0) is 19.2. The third kappa shape index (κ3) is 4.90. The number of hydrogen-bond donors (Lipinski definition) is 2. The molecule has 1 atom stereocenters. The van der Waals surface area contributed by atoms with Crippen molar-refractivity contribution in [1.29, 1.82) is 0 Å². The van der Waals surface area contributed by atoms with E-state index in [-0.39, 0.29) is 30.4 Å². The normalized spacial score (nSPS) is 14.4. The lowest BCUT2D eigenvalue weighted by Gasteiger charge is -2.24. The van der Waals surface area contributed by atoms with E-state index < -0.39 is 0 Å². The van der Waals surface area contributed by atoms with Crippen molar-refractivity contribution in [2.75, 3.05) is 13.2 Å². The van der Waals surface area contributed by atoms with Crippen LogP contribution in [-0.2, 0) is 6.54 Å². The fourth-order valence-electron chi connectivity index (χ4n) is 3.02. The summed E-state index contributed by atoms with van der Waals surface area (Å²) in [5, 5.41) is 5.70. The van der Waals surface area contributed by atoms with Gasteiger partial charge in [-0.2, -0.15) is 0 Å². The molecule has 6 heteroatoms. The van der Waals surface area contributed by atoms with E-state index in [0.717, 1.165) is 17.7 Å². The summed E-state index contributed by atoms with van der Waals surface area (Å²) in [6.45, 7) is 5.44. The van der Waals surface area contributed by atoms with Crippen LogP contribution in [0.2, 0.25) is 0 Å². The minimum absolute atomic E-state index is 0.129. The van der Waals surface area contributed by atoms with Crippen molar-refractivity contribution in [3.8, 4) is 11.5 Å². The highest BCUT2D eigenvalue weighted by Gasteiger charge is 2.21. The maximum atomic E-state index is 13.7. The van der Waals surface area contributed by atoms with Gasteiger partial charge in [-0.05, 0) is 29.7 Å². The molecule has 3 rings (SSSR count). The first-order valence-corrected chi connectivity index (χ1v) is 9.22. The van der Waals surface area contributed by atoms with Gasteiger partial charge in [0, 0.05) is 18.5 Å². The first kappa shape index (κ1) is 19.0. The fraction of sp³-hybridized carbons (Fsp3) is 0.381. The number of urea groups is 1. The standard InChI is InChI=1S/C21H25FN2O3/c1-14(2)20(15-8-9-18-19(12-15)27-11-5-10-26-18)24-21(25)23-13-16-6-3-4-7-17(16)22/h3-4,6-9,12,14,20H,5,10-11,13H2,1-2H3,(H2,23,24,25). The van der Waals surface area contributed by atoms with E-state index in [1.807, 2.05) is 32.0 Å². The van der Waals surface area contributed by atoms with E-state index >= 15 is 0 Å². The molecular weight excluding hydrogens is 347 g/mol. The van der Waals surface area contributed by atoms with Gasteiger partial charge in [0.15, 0.2) is 11.5 Å². The van der Waals surface area contributed by atoms with E-state index in [1.54, 1.807) is 18.2 Å². The summed E-state index contributed by atoms with van der Waals surface area (Å²) in [6, 6.07) is 11.6. The van der Waals surface area contributed by atoms with Crippen LogP contribution in [0.1, 0.15) is 37.4 Å². The summed E-state index contributed by atoms with van der Waals surface area (Å²) in [5.74, 6) is 1.25. The lowest BCUT2D eigenvalue weighted by Crippen LogP contribution is -2.39. The van der Waals surface area contributed by atoms with Gasteiger partial charge in [0.25, 0.3) is 0 Å². The molecule has 0 spiro atoms. The van der Waals surface area contributed by atoms with Crippen molar-refractivity contribution in [1.82, 2.24) is 10.6 Å². The Balaban J connectivity index is 1.68. The van der Waals surface area contributed by atoms with Gasteiger partial charge in [-0.25, -0.2) is 9.18 Å². The first-order chi connectivity index (χ1) is 13.0. The van der Waals surface area contributed by atoms with Gasteiger partial charge in [0.05, 0.1) is 19.3 Å². The molecule has 0 radical (unpaired) electrons. The summed E-state index contributed by atoms with van der Waals surface area (Å²) >= 11 is 0. The van der Waals surface area contributed by atoms with E-state index in [2.05, 4.69) is 10.6 Å². The summed E-state index contributed by atoms with van der Waals surface area (Å²) in [4.78, 5) is 12.4. The first-order valence-electron chi connectivity index (χ1n) is 9.22. The summed E-state index contributed by atoms with van der Waals surface area (Å²) < 4.78 is 25.1. The number of amides is 2. The Hall–Kier alpha value is -2.76. The molecule has 0 aliphatic carbocycles. The van der Waals surface area contributed by atoms with Crippen molar-refractivity contribution in [2.24, 2.45) is 5.92 Å². The summed E-state index contributed by atoms with van der Waals surface area (Å²) in [5.41, 5.74) is 1.39. The number of halogens is 1. The molecule has 27 heavy (non-hydrogen) atoms. The van der Waals surface area contributed by atoms with Crippen molar-refractivity contribution in [3.05, 3.63) is 59.4 Å². The fourth-order valence-corrected chi connectivity index (χ4v) is 3.02. The summed E-state index contributed by atoms with van der Waals surface area (Å²) in [6.07, 6.45) is 0.842. The van der Waals surface area contributed by atoms with Gasteiger partial charge in [-0.1, -0.05) is 38.1 Å². The number of benzene rings is 2. The van der Waals surface area contributed by atoms with Crippen LogP contribution >= 0.6 is 0 Å². The van der Waals surface area contributed by atoms with Crippen LogP contribution in [0.25, 0.3) is 0 Å². The topological polar surface area (TPSA) is 59.6 Å². The molecule has 2 amide bonds. The van der Waals surface area contributed by atoms with Crippen LogP contribution in [0.15, 0.2) is 42.5 Å². The predicted octanol–water partition coefficient (Wildman–Crippen LogP) is 4.18. The molecule has 0 saturated carbocycles. The molecule has 2 N–H and O–H groups in total. The van der Waals surface area contributed by atoms with Gasteiger partial charge in [-0.3, -0.25) is 0 Å². The van der Waals surface area contributed by atoms with Crippen LogP contribution in [0.3, 0.4) is 0 Å². The van der Waals surface area contributed by atoms with E-state index in [9.17, 15) is 9.18 Å². The number of hydrogen-bond acceptors (Lipinski definition) is 3. The highest BCUT2D eigenvalue weighted by atomic mass is 19.1. The third-order valence-corrected chi connectivity index (χ3v) is 4.48. The van der Waals surface area contributed by atoms with Gasteiger partial charge in [0.2, 0.25) is 0 Å². The Labute approximate surface area is 158 Å². The molecule has 1 aliphatic rings. The molecule has 2 aromatic rings. The quantitative estimate of drug-likeness (QED) is 0.828. The minimum atomic E-state index is -0.343. The van der Waals surface area contributed by atoms with Crippen molar-refractivity contribution < 1.29 is 18.7 Å². The number of nitrogens with one attached hydrogen (secondary N) is 2. The van der Waals surface area contributed by atoms with Crippen LogP contribution in [0.4, 0.5) is 9.18 Å². The molecule has 5 nitrogen and oxygen atoms in total.